The number of aliphatic hydroxyl groups excluding tert-OH is 1. The van der Waals surface area contributed by atoms with Crippen LogP contribution in [-0.4, -0.2) is 34.3 Å². The summed E-state index contributed by atoms with van der Waals surface area (Å²) in [6, 6.07) is 14.1. The Morgan fingerprint density at radius 2 is 2.00 bits per heavy atom. The second-order valence-corrected chi connectivity index (χ2v) is 7.88. The number of methoxy groups -OCH3 is 1. The summed E-state index contributed by atoms with van der Waals surface area (Å²) in [6.45, 7) is 3.17. The van der Waals surface area contributed by atoms with Gasteiger partial charge in [-0.15, -0.1) is 0 Å². The minimum atomic E-state index is -0.356. The molecule has 0 aliphatic carbocycles. The summed E-state index contributed by atoms with van der Waals surface area (Å²) in [5.74, 6) is 0.701. The Kier molecular flexibility index (Phi) is 7.66. The number of hydrogen-bond donors (Lipinski definition) is 2. The van der Waals surface area contributed by atoms with Crippen molar-refractivity contribution in [2.75, 3.05) is 13.7 Å². The van der Waals surface area contributed by atoms with Crippen LogP contribution in [0.25, 0.3) is 11.4 Å². The molecule has 0 saturated carbocycles. The van der Waals surface area contributed by atoms with E-state index in [-0.39, 0.29) is 37.1 Å². The number of nitrogens with zero attached hydrogens (tertiary/aromatic N) is 2. The van der Waals surface area contributed by atoms with Gasteiger partial charge in [0.05, 0.1) is 13.2 Å². The highest BCUT2D eigenvalue weighted by Crippen LogP contribution is 2.22. The summed E-state index contributed by atoms with van der Waals surface area (Å²) in [4.78, 5) is 30.7. The SMILES string of the molecule is COc1cccc(C(C)NC(=O)Cn2c(-c3cccc(Cl)c3)nc(C)c(CCO)c2=O)c1. The molecule has 0 aliphatic heterocycles. The Bertz CT molecular complexity index is 1180. The standard InChI is InChI=1S/C24H26ClN3O4/c1-15(17-6-5-9-20(13-17)32-3)26-22(30)14-28-23(18-7-4-8-19(25)12-18)27-16(2)21(10-11-29)24(28)31/h4-9,12-13,15,29H,10-11,14H2,1-3H3,(H,26,30). The first-order valence-electron chi connectivity index (χ1n) is 10.2. The maximum Gasteiger partial charge on any atom is 0.257 e. The molecule has 0 spiro atoms. The molecule has 7 nitrogen and oxygen atoms in total. The first-order chi connectivity index (χ1) is 15.3. The van der Waals surface area contributed by atoms with Gasteiger partial charge in [-0.2, -0.15) is 0 Å². The number of amides is 1. The van der Waals surface area contributed by atoms with Crippen molar-refractivity contribution in [3.63, 3.8) is 0 Å². The molecule has 0 saturated heterocycles. The van der Waals surface area contributed by atoms with Crippen molar-refractivity contribution in [1.82, 2.24) is 14.9 Å². The summed E-state index contributed by atoms with van der Waals surface area (Å²) in [5.41, 5.74) is 2.04. The number of aryl methyl sites for hydroxylation is 1. The molecular weight excluding hydrogens is 430 g/mol. The lowest BCUT2D eigenvalue weighted by Gasteiger charge is -2.18. The van der Waals surface area contributed by atoms with Gasteiger partial charge >= 0.3 is 0 Å². The van der Waals surface area contributed by atoms with Gasteiger partial charge in [-0.3, -0.25) is 14.2 Å². The van der Waals surface area contributed by atoms with Gasteiger partial charge in [-0.1, -0.05) is 35.9 Å². The fraction of sp³-hybridized carbons (Fsp3) is 0.292. The second kappa shape index (κ2) is 10.4. The number of hydrogen-bond acceptors (Lipinski definition) is 5. The van der Waals surface area contributed by atoms with Crippen molar-refractivity contribution >= 4 is 17.5 Å². The minimum absolute atomic E-state index is 0.162. The van der Waals surface area contributed by atoms with Crippen LogP contribution in [0, 0.1) is 6.92 Å². The van der Waals surface area contributed by atoms with Crippen LogP contribution >= 0.6 is 11.6 Å². The number of nitrogens with one attached hydrogen (secondary N) is 1. The summed E-state index contributed by atoms with van der Waals surface area (Å²) < 4.78 is 6.58. The first kappa shape index (κ1) is 23.5. The zero-order chi connectivity index (χ0) is 23.3. The van der Waals surface area contributed by atoms with Crippen LogP contribution in [0.2, 0.25) is 5.02 Å². The van der Waals surface area contributed by atoms with Gasteiger partial charge in [0.25, 0.3) is 5.56 Å². The Morgan fingerprint density at radius 3 is 2.69 bits per heavy atom. The lowest BCUT2D eigenvalue weighted by Crippen LogP contribution is -2.36. The van der Waals surface area contributed by atoms with Crippen LogP contribution < -0.4 is 15.6 Å². The Hall–Kier alpha value is -3.16. The maximum absolute atomic E-state index is 13.2. The van der Waals surface area contributed by atoms with Crippen molar-refractivity contribution in [1.29, 1.82) is 0 Å². The molecule has 32 heavy (non-hydrogen) atoms. The van der Waals surface area contributed by atoms with Crippen molar-refractivity contribution in [3.8, 4) is 17.1 Å². The Labute approximate surface area is 191 Å². The highest BCUT2D eigenvalue weighted by Gasteiger charge is 2.19. The van der Waals surface area contributed by atoms with E-state index < -0.39 is 0 Å². The highest BCUT2D eigenvalue weighted by atomic mass is 35.5. The molecular formula is C24H26ClN3O4. The average molecular weight is 456 g/mol. The van der Waals surface area contributed by atoms with Crippen LogP contribution in [0.3, 0.4) is 0 Å². The van der Waals surface area contributed by atoms with Gasteiger partial charge < -0.3 is 15.2 Å². The molecule has 1 unspecified atom stereocenters. The van der Waals surface area contributed by atoms with Gasteiger partial charge in [0.2, 0.25) is 5.91 Å². The largest absolute Gasteiger partial charge is 0.497 e. The normalized spacial score (nSPS) is 11.8. The van der Waals surface area contributed by atoms with Gasteiger partial charge in [0.1, 0.15) is 18.1 Å². The molecule has 8 heteroatoms. The molecule has 3 aromatic rings. The maximum atomic E-state index is 13.2. The quantitative estimate of drug-likeness (QED) is 0.543. The number of benzene rings is 2. The molecule has 2 N–H and O–H groups in total. The molecule has 0 aliphatic rings. The Balaban J connectivity index is 1.95. The van der Waals surface area contributed by atoms with Gasteiger partial charge in [0, 0.05) is 34.9 Å². The van der Waals surface area contributed by atoms with E-state index in [9.17, 15) is 14.7 Å². The summed E-state index contributed by atoms with van der Waals surface area (Å²) in [7, 11) is 1.58. The van der Waals surface area contributed by atoms with E-state index in [1.807, 2.05) is 31.2 Å². The number of carbonyl (C=O) groups is 1. The smallest absolute Gasteiger partial charge is 0.257 e. The lowest BCUT2D eigenvalue weighted by atomic mass is 10.1. The number of carbonyl (C=O) groups excluding carboxylic acids is 1. The molecule has 1 heterocycles. The van der Waals surface area contributed by atoms with Crippen molar-refractivity contribution in [3.05, 3.63) is 80.7 Å². The van der Waals surface area contributed by atoms with E-state index in [4.69, 9.17) is 16.3 Å². The van der Waals surface area contributed by atoms with E-state index in [1.54, 1.807) is 38.3 Å². The predicted octanol–water partition coefficient (Wildman–Crippen LogP) is 3.29. The van der Waals surface area contributed by atoms with Gasteiger partial charge in [-0.25, -0.2) is 4.98 Å². The van der Waals surface area contributed by atoms with E-state index in [0.717, 1.165) is 5.56 Å². The minimum Gasteiger partial charge on any atom is -0.497 e. The second-order valence-electron chi connectivity index (χ2n) is 7.44. The third-order valence-corrected chi connectivity index (χ3v) is 5.42. The van der Waals surface area contributed by atoms with E-state index in [0.29, 0.717) is 33.4 Å². The first-order valence-corrected chi connectivity index (χ1v) is 10.6. The lowest BCUT2D eigenvalue weighted by molar-refractivity contribution is -0.122. The molecule has 0 bridgehead atoms. The summed E-state index contributed by atoms with van der Waals surface area (Å²) >= 11 is 6.14. The monoisotopic (exact) mass is 455 g/mol. The van der Waals surface area contributed by atoms with Crippen LogP contribution in [0.4, 0.5) is 0 Å². The van der Waals surface area contributed by atoms with Crippen molar-refractivity contribution in [2.24, 2.45) is 0 Å². The fourth-order valence-corrected chi connectivity index (χ4v) is 3.71. The number of rotatable bonds is 8. The van der Waals surface area contributed by atoms with Crippen LogP contribution in [0.1, 0.15) is 29.8 Å². The zero-order valence-corrected chi connectivity index (χ0v) is 19.0. The number of halogens is 1. The molecule has 3 rings (SSSR count). The van der Waals surface area contributed by atoms with Crippen LogP contribution in [0.5, 0.6) is 5.75 Å². The molecule has 2 aromatic carbocycles. The molecule has 0 radical (unpaired) electrons. The third-order valence-electron chi connectivity index (χ3n) is 5.19. The Morgan fingerprint density at radius 1 is 1.25 bits per heavy atom. The van der Waals surface area contributed by atoms with Gasteiger partial charge in [0.15, 0.2) is 0 Å². The fourth-order valence-electron chi connectivity index (χ4n) is 3.52. The molecule has 1 aromatic heterocycles. The van der Waals surface area contributed by atoms with Crippen LogP contribution in [0.15, 0.2) is 53.3 Å². The predicted molar refractivity (Wildman–Crippen MR) is 124 cm³/mol. The van der Waals surface area contributed by atoms with E-state index in [1.165, 1.54) is 4.57 Å². The zero-order valence-electron chi connectivity index (χ0n) is 18.3. The van der Waals surface area contributed by atoms with Crippen molar-refractivity contribution < 1.29 is 14.6 Å². The average Bonchev–Trinajstić information content (AvgIpc) is 2.78. The third kappa shape index (κ3) is 5.36. The molecule has 168 valence electrons. The van der Waals surface area contributed by atoms with E-state index in [2.05, 4.69) is 10.3 Å². The number of aliphatic hydroxyl groups is 1. The highest BCUT2D eigenvalue weighted by molar-refractivity contribution is 6.30. The number of ether oxygens (including phenoxy) is 1. The van der Waals surface area contributed by atoms with Gasteiger partial charge in [-0.05, 0) is 43.7 Å². The molecule has 1 amide bonds. The van der Waals surface area contributed by atoms with E-state index >= 15 is 0 Å². The molecule has 1 atom stereocenters. The topological polar surface area (TPSA) is 93.4 Å². The molecule has 0 fully saturated rings. The van der Waals surface area contributed by atoms with Crippen molar-refractivity contribution in [2.45, 2.75) is 32.9 Å². The summed E-state index contributed by atoms with van der Waals surface area (Å²) in [6.07, 6.45) is 0.162. The summed E-state index contributed by atoms with van der Waals surface area (Å²) in [5, 5.41) is 12.8. The van der Waals surface area contributed by atoms with Crippen LogP contribution in [-0.2, 0) is 17.8 Å². The number of aromatic nitrogens is 2.